The molecule has 0 aromatic heterocycles. The van der Waals surface area contributed by atoms with Gasteiger partial charge in [0.2, 0.25) is 0 Å². The number of aryl methyl sites for hydroxylation is 1. The number of hydrogen-bond acceptors (Lipinski definition) is 2. The van der Waals surface area contributed by atoms with Crippen molar-refractivity contribution in [3.05, 3.63) is 35.4 Å². The first-order chi connectivity index (χ1) is 8.70. The van der Waals surface area contributed by atoms with Crippen LogP contribution in [0.2, 0.25) is 0 Å². The van der Waals surface area contributed by atoms with Gasteiger partial charge in [0.25, 0.3) is 0 Å². The highest BCUT2D eigenvalue weighted by Crippen LogP contribution is 2.31. The largest absolute Gasteiger partial charge is 0.396 e. The molecule has 2 heteroatoms. The summed E-state index contributed by atoms with van der Waals surface area (Å²) in [5.41, 5.74) is 2.65. The van der Waals surface area contributed by atoms with Crippen LogP contribution in [0.25, 0.3) is 0 Å². The van der Waals surface area contributed by atoms with Crippen LogP contribution in [0.1, 0.15) is 43.4 Å². The zero-order chi connectivity index (χ0) is 13.0. The molecule has 1 fully saturated rings. The Hall–Kier alpha value is -0.860. The number of rotatable bonds is 5. The van der Waals surface area contributed by atoms with Crippen LogP contribution in [-0.4, -0.2) is 18.3 Å². The molecule has 1 aliphatic carbocycles. The molecule has 1 aromatic carbocycles. The Morgan fingerprint density at radius 2 is 1.89 bits per heavy atom. The third kappa shape index (κ3) is 3.33. The number of hydrogen-bond donors (Lipinski definition) is 2. The molecular weight excluding hydrogens is 222 g/mol. The predicted octanol–water partition coefficient (Wildman–Crippen LogP) is 3.05. The highest BCUT2D eigenvalue weighted by molar-refractivity contribution is 5.23. The van der Waals surface area contributed by atoms with Crippen LogP contribution < -0.4 is 5.32 Å². The maximum atomic E-state index is 9.32. The fraction of sp³-hybridized carbons (Fsp3) is 0.625. The van der Waals surface area contributed by atoms with Crippen LogP contribution in [0.4, 0.5) is 0 Å². The van der Waals surface area contributed by atoms with E-state index in [1.54, 1.807) is 0 Å². The van der Waals surface area contributed by atoms with E-state index in [1.807, 2.05) is 0 Å². The Balaban J connectivity index is 1.84. The lowest BCUT2D eigenvalue weighted by Gasteiger charge is -2.21. The molecule has 18 heavy (non-hydrogen) atoms. The lowest BCUT2D eigenvalue weighted by Crippen LogP contribution is -2.28. The van der Waals surface area contributed by atoms with Gasteiger partial charge in [-0.15, -0.1) is 0 Å². The first kappa shape index (κ1) is 13.6. The van der Waals surface area contributed by atoms with Crippen molar-refractivity contribution in [2.75, 3.05) is 13.2 Å². The molecule has 0 aliphatic heterocycles. The van der Waals surface area contributed by atoms with Crippen LogP contribution in [0, 0.1) is 18.8 Å². The minimum atomic E-state index is 0.352. The summed E-state index contributed by atoms with van der Waals surface area (Å²) in [7, 11) is 0. The van der Waals surface area contributed by atoms with Gasteiger partial charge in [-0.2, -0.15) is 0 Å². The second kappa shape index (κ2) is 6.35. The van der Waals surface area contributed by atoms with Gasteiger partial charge in [0.15, 0.2) is 0 Å². The number of benzene rings is 1. The van der Waals surface area contributed by atoms with Crippen LogP contribution in [0.15, 0.2) is 24.3 Å². The second-order valence-corrected chi connectivity index (χ2v) is 5.67. The average Bonchev–Trinajstić information content (AvgIpc) is 2.84. The zero-order valence-corrected chi connectivity index (χ0v) is 11.5. The zero-order valence-electron chi connectivity index (χ0n) is 11.5. The fourth-order valence-corrected chi connectivity index (χ4v) is 2.92. The fourth-order valence-electron chi connectivity index (χ4n) is 2.92. The Bertz CT molecular complexity index is 360. The standard InChI is InChI=1S/C16H25NO/c1-12-6-8-14(9-7-12)13(2)17-10-15-4-3-5-16(15)11-18/h6-9,13,15-18H,3-5,10-11H2,1-2H3. The molecule has 3 unspecified atom stereocenters. The van der Waals surface area contributed by atoms with Gasteiger partial charge in [0.1, 0.15) is 0 Å². The van der Waals surface area contributed by atoms with Gasteiger partial charge < -0.3 is 10.4 Å². The van der Waals surface area contributed by atoms with Crippen molar-refractivity contribution >= 4 is 0 Å². The first-order valence-corrected chi connectivity index (χ1v) is 7.11. The Morgan fingerprint density at radius 1 is 1.22 bits per heavy atom. The predicted molar refractivity (Wildman–Crippen MR) is 75.5 cm³/mol. The SMILES string of the molecule is Cc1ccc(C(C)NCC2CCCC2CO)cc1. The van der Waals surface area contributed by atoms with Crippen molar-refractivity contribution in [3.63, 3.8) is 0 Å². The molecule has 2 N–H and O–H groups in total. The maximum Gasteiger partial charge on any atom is 0.0462 e. The van der Waals surface area contributed by atoms with E-state index in [0.717, 1.165) is 6.54 Å². The van der Waals surface area contributed by atoms with Gasteiger partial charge in [-0.25, -0.2) is 0 Å². The van der Waals surface area contributed by atoms with Crippen LogP contribution >= 0.6 is 0 Å². The number of aliphatic hydroxyl groups excluding tert-OH is 1. The highest BCUT2D eigenvalue weighted by Gasteiger charge is 2.26. The van der Waals surface area contributed by atoms with Crippen molar-refractivity contribution in [2.45, 2.75) is 39.2 Å². The molecule has 100 valence electrons. The molecule has 2 rings (SSSR count). The lowest BCUT2D eigenvalue weighted by atomic mass is 9.96. The summed E-state index contributed by atoms with van der Waals surface area (Å²) in [5.74, 6) is 1.17. The number of aliphatic hydroxyl groups is 1. The molecule has 0 heterocycles. The van der Waals surface area contributed by atoms with E-state index in [9.17, 15) is 5.11 Å². The summed E-state index contributed by atoms with van der Waals surface area (Å²) < 4.78 is 0. The van der Waals surface area contributed by atoms with E-state index < -0.39 is 0 Å². The van der Waals surface area contributed by atoms with Gasteiger partial charge in [-0.1, -0.05) is 36.2 Å². The molecule has 1 aromatic rings. The van der Waals surface area contributed by atoms with Crippen molar-refractivity contribution in [1.29, 1.82) is 0 Å². The van der Waals surface area contributed by atoms with E-state index in [1.165, 1.54) is 30.4 Å². The summed E-state index contributed by atoms with van der Waals surface area (Å²) in [5, 5.41) is 12.9. The Labute approximate surface area is 110 Å². The maximum absolute atomic E-state index is 9.32. The Morgan fingerprint density at radius 3 is 2.56 bits per heavy atom. The van der Waals surface area contributed by atoms with Gasteiger partial charge in [-0.3, -0.25) is 0 Å². The van der Waals surface area contributed by atoms with E-state index in [2.05, 4.69) is 43.4 Å². The van der Waals surface area contributed by atoms with Crippen molar-refractivity contribution in [3.8, 4) is 0 Å². The summed E-state index contributed by atoms with van der Waals surface area (Å²) in [6, 6.07) is 9.13. The topological polar surface area (TPSA) is 32.3 Å². The van der Waals surface area contributed by atoms with Crippen molar-refractivity contribution < 1.29 is 5.11 Å². The van der Waals surface area contributed by atoms with Crippen molar-refractivity contribution in [1.82, 2.24) is 5.32 Å². The quantitative estimate of drug-likeness (QED) is 0.838. The van der Waals surface area contributed by atoms with Crippen molar-refractivity contribution in [2.24, 2.45) is 11.8 Å². The normalized spacial score (nSPS) is 25.3. The van der Waals surface area contributed by atoms with Crippen LogP contribution in [-0.2, 0) is 0 Å². The second-order valence-electron chi connectivity index (χ2n) is 5.67. The van der Waals surface area contributed by atoms with Gasteiger partial charge >= 0.3 is 0 Å². The summed E-state index contributed by atoms with van der Waals surface area (Å²) >= 11 is 0. The summed E-state index contributed by atoms with van der Waals surface area (Å²) in [6.45, 7) is 5.71. The lowest BCUT2D eigenvalue weighted by molar-refractivity contribution is 0.190. The van der Waals surface area contributed by atoms with E-state index in [0.29, 0.717) is 24.5 Å². The van der Waals surface area contributed by atoms with Crippen LogP contribution in [0.5, 0.6) is 0 Å². The molecular formula is C16H25NO. The monoisotopic (exact) mass is 247 g/mol. The van der Waals surface area contributed by atoms with Gasteiger partial charge in [0, 0.05) is 12.6 Å². The third-order valence-electron chi connectivity index (χ3n) is 4.31. The average molecular weight is 247 g/mol. The molecule has 1 saturated carbocycles. The van der Waals surface area contributed by atoms with Crippen LogP contribution in [0.3, 0.4) is 0 Å². The van der Waals surface area contributed by atoms with Gasteiger partial charge in [0.05, 0.1) is 0 Å². The molecule has 0 saturated heterocycles. The van der Waals surface area contributed by atoms with Gasteiger partial charge in [-0.05, 0) is 50.6 Å². The molecule has 0 bridgehead atoms. The molecule has 0 amide bonds. The Kier molecular flexibility index (Phi) is 4.79. The smallest absolute Gasteiger partial charge is 0.0462 e. The third-order valence-corrected chi connectivity index (χ3v) is 4.31. The van der Waals surface area contributed by atoms with E-state index >= 15 is 0 Å². The first-order valence-electron chi connectivity index (χ1n) is 7.11. The summed E-state index contributed by atoms with van der Waals surface area (Å²) in [6.07, 6.45) is 3.73. The molecule has 0 radical (unpaired) electrons. The molecule has 1 aliphatic rings. The minimum Gasteiger partial charge on any atom is -0.396 e. The summed E-state index contributed by atoms with van der Waals surface area (Å²) in [4.78, 5) is 0. The molecule has 0 spiro atoms. The minimum absolute atomic E-state index is 0.352. The number of nitrogens with one attached hydrogen (secondary N) is 1. The molecule has 2 nitrogen and oxygen atoms in total. The van der Waals surface area contributed by atoms with E-state index in [4.69, 9.17) is 0 Å². The highest BCUT2D eigenvalue weighted by atomic mass is 16.3. The van der Waals surface area contributed by atoms with E-state index in [-0.39, 0.29) is 0 Å². The molecule has 3 atom stereocenters.